The minimum Gasteiger partial charge on any atom is -0.364 e. The molecule has 4 aromatic rings. The number of nitrogens with zero attached hydrogens (tertiary/aromatic N) is 1. The van der Waals surface area contributed by atoms with Gasteiger partial charge in [-0.3, -0.25) is 4.79 Å². The van der Waals surface area contributed by atoms with Crippen LogP contribution in [0.4, 0.5) is 0 Å². The van der Waals surface area contributed by atoms with E-state index in [4.69, 9.17) is 4.74 Å². The summed E-state index contributed by atoms with van der Waals surface area (Å²) in [5.74, 6) is 1.10. The molecule has 0 aliphatic heterocycles. The Morgan fingerprint density at radius 3 is 2.31 bits per heavy atom. The Kier molecular flexibility index (Phi) is 5.01. The average Bonchev–Trinajstić information content (AvgIpc) is 3.26. The molecule has 0 radical (unpaired) electrons. The van der Waals surface area contributed by atoms with E-state index in [1.54, 1.807) is 11.3 Å². The van der Waals surface area contributed by atoms with E-state index in [0.717, 1.165) is 21.6 Å². The van der Waals surface area contributed by atoms with Crippen LogP contribution in [0.25, 0.3) is 10.2 Å². The van der Waals surface area contributed by atoms with Crippen LogP contribution in [0.1, 0.15) is 45.5 Å². The zero-order valence-corrected chi connectivity index (χ0v) is 18.5. The number of carbonyl (C=O) groups excluding carboxylic acids is 1. The highest BCUT2D eigenvalue weighted by molar-refractivity contribution is 7.18. The molecule has 3 aliphatic rings. The fourth-order valence-electron chi connectivity index (χ4n) is 5.47. The Balaban J connectivity index is 1.09. The van der Waals surface area contributed by atoms with Gasteiger partial charge in [0.05, 0.1) is 16.8 Å². The Bertz CT molecular complexity index is 1220. The first-order valence-electron chi connectivity index (χ1n) is 11.1. The number of carbonyl (C=O) groups is 1. The molecule has 1 atom stereocenters. The summed E-state index contributed by atoms with van der Waals surface area (Å²) in [6, 6.07) is 25.7. The predicted octanol–water partition coefficient (Wildman–Crippen LogP) is 5.23. The minimum atomic E-state index is -0.0610. The average molecular weight is 441 g/mol. The number of amides is 1. The first-order chi connectivity index (χ1) is 15.8. The minimum absolute atomic E-state index is 0.0594. The maximum atomic E-state index is 12.5. The lowest BCUT2D eigenvalue weighted by Gasteiger charge is -2.45. The molecule has 1 aromatic heterocycles. The van der Waals surface area contributed by atoms with Gasteiger partial charge in [-0.2, -0.15) is 0 Å². The monoisotopic (exact) mass is 440 g/mol. The largest absolute Gasteiger partial charge is 0.364 e. The number of ether oxygens (including phenoxy) is 1. The summed E-state index contributed by atoms with van der Waals surface area (Å²) in [4.78, 5) is 17.1. The molecule has 0 spiro atoms. The van der Waals surface area contributed by atoms with Crippen molar-refractivity contribution in [3.8, 4) is 0 Å². The van der Waals surface area contributed by atoms with Crippen molar-refractivity contribution in [2.45, 2.75) is 24.9 Å². The Hall–Kier alpha value is -3.02. The van der Waals surface area contributed by atoms with Gasteiger partial charge in [0.25, 0.3) is 0 Å². The fourth-order valence-corrected chi connectivity index (χ4v) is 6.37. The number of benzene rings is 3. The van der Waals surface area contributed by atoms with Gasteiger partial charge in [0, 0.05) is 18.4 Å². The summed E-state index contributed by atoms with van der Waals surface area (Å²) in [6.07, 6.45) is 1.07. The number of hydrogen-bond acceptors (Lipinski definition) is 4. The standard InChI is InChI=1S/C27H24N2O2S/c30-25(15-31-16-26-29-23-11-5-6-12-24(23)32-26)28-14-17-13-22-18-7-1-3-9-20(18)27(17)21-10-4-2-8-19(21)22/h1-12,17,22,27H,13-16H2,(H,28,30). The van der Waals surface area contributed by atoms with Crippen molar-refractivity contribution in [2.75, 3.05) is 13.2 Å². The third kappa shape index (κ3) is 3.42. The molecule has 3 aliphatic carbocycles. The Labute approximate surface area is 191 Å². The molecular formula is C27H24N2O2S. The van der Waals surface area contributed by atoms with Gasteiger partial charge in [0.1, 0.15) is 11.6 Å². The summed E-state index contributed by atoms with van der Waals surface area (Å²) < 4.78 is 6.80. The van der Waals surface area contributed by atoms with Gasteiger partial charge in [-0.25, -0.2) is 4.98 Å². The lowest BCUT2D eigenvalue weighted by Crippen LogP contribution is -2.40. The normalized spacial score (nSPS) is 20.7. The summed E-state index contributed by atoms with van der Waals surface area (Å²) in [5.41, 5.74) is 6.74. The molecule has 4 nitrogen and oxygen atoms in total. The second-order valence-electron chi connectivity index (χ2n) is 8.66. The van der Waals surface area contributed by atoms with E-state index in [1.807, 2.05) is 18.2 Å². The van der Waals surface area contributed by atoms with Gasteiger partial charge in [0.15, 0.2) is 0 Å². The van der Waals surface area contributed by atoms with E-state index in [2.05, 4.69) is 64.9 Å². The van der Waals surface area contributed by atoms with Crippen LogP contribution in [0.3, 0.4) is 0 Å². The van der Waals surface area contributed by atoms with Crippen LogP contribution in [-0.4, -0.2) is 24.0 Å². The highest BCUT2D eigenvalue weighted by Gasteiger charge is 2.42. The van der Waals surface area contributed by atoms with E-state index in [0.29, 0.717) is 30.9 Å². The zero-order valence-electron chi connectivity index (χ0n) is 17.7. The molecule has 0 fully saturated rings. The highest BCUT2D eigenvalue weighted by atomic mass is 32.1. The molecule has 1 amide bonds. The number of aromatic nitrogens is 1. The number of nitrogens with one attached hydrogen (secondary N) is 1. The van der Waals surface area contributed by atoms with Crippen LogP contribution >= 0.6 is 11.3 Å². The van der Waals surface area contributed by atoms with E-state index in [9.17, 15) is 4.79 Å². The molecule has 2 bridgehead atoms. The third-order valence-corrected chi connectivity index (χ3v) is 7.79. The lowest BCUT2D eigenvalue weighted by molar-refractivity contribution is -0.126. The van der Waals surface area contributed by atoms with Crippen LogP contribution in [0.15, 0.2) is 72.8 Å². The van der Waals surface area contributed by atoms with E-state index in [-0.39, 0.29) is 12.5 Å². The second kappa shape index (κ2) is 8.15. The van der Waals surface area contributed by atoms with Crippen molar-refractivity contribution in [3.05, 3.63) is 100 Å². The number of hydrogen-bond donors (Lipinski definition) is 1. The van der Waals surface area contributed by atoms with Gasteiger partial charge in [-0.05, 0) is 46.7 Å². The molecule has 3 aromatic carbocycles. The summed E-state index contributed by atoms with van der Waals surface area (Å²) in [6.45, 7) is 1.10. The summed E-state index contributed by atoms with van der Waals surface area (Å²) in [7, 11) is 0. The zero-order chi connectivity index (χ0) is 21.5. The molecule has 5 heteroatoms. The van der Waals surface area contributed by atoms with E-state index >= 15 is 0 Å². The molecule has 32 heavy (non-hydrogen) atoms. The van der Waals surface area contributed by atoms with Gasteiger partial charge in [0.2, 0.25) is 5.91 Å². The van der Waals surface area contributed by atoms with Crippen molar-refractivity contribution in [2.24, 2.45) is 5.92 Å². The van der Waals surface area contributed by atoms with Crippen molar-refractivity contribution >= 4 is 27.5 Å². The van der Waals surface area contributed by atoms with Gasteiger partial charge in [-0.15, -0.1) is 11.3 Å². The SMILES string of the molecule is O=C(COCc1nc2ccccc2s1)NCC1CC2c3ccccc3C1c1ccccc12. The molecule has 1 N–H and O–H groups in total. The molecule has 7 rings (SSSR count). The van der Waals surface area contributed by atoms with Crippen molar-refractivity contribution in [1.29, 1.82) is 0 Å². The van der Waals surface area contributed by atoms with Crippen LogP contribution in [0.5, 0.6) is 0 Å². The second-order valence-corrected chi connectivity index (χ2v) is 9.77. The topological polar surface area (TPSA) is 51.2 Å². The van der Waals surface area contributed by atoms with Crippen LogP contribution in [0.2, 0.25) is 0 Å². The molecular weight excluding hydrogens is 416 g/mol. The number of rotatable bonds is 6. The Morgan fingerprint density at radius 1 is 0.938 bits per heavy atom. The molecule has 160 valence electrons. The van der Waals surface area contributed by atoms with E-state index in [1.165, 1.54) is 22.3 Å². The lowest BCUT2D eigenvalue weighted by atomic mass is 9.59. The smallest absolute Gasteiger partial charge is 0.246 e. The van der Waals surface area contributed by atoms with Crippen LogP contribution < -0.4 is 5.32 Å². The highest BCUT2D eigenvalue weighted by Crippen LogP contribution is 2.55. The molecule has 0 saturated carbocycles. The number of fused-ring (bicyclic) bond motifs is 2. The maximum absolute atomic E-state index is 12.5. The van der Waals surface area contributed by atoms with Gasteiger partial charge >= 0.3 is 0 Å². The number of thiazole rings is 1. The molecule has 1 unspecified atom stereocenters. The van der Waals surface area contributed by atoms with Crippen molar-refractivity contribution in [1.82, 2.24) is 10.3 Å². The van der Waals surface area contributed by atoms with Crippen molar-refractivity contribution < 1.29 is 9.53 Å². The predicted molar refractivity (Wildman–Crippen MR) is 127 cm³/mol. The molecule has 0 saturated heterocycles. The third-order valence-electron chi connectivity index (χ3n) is 6.78. The maximum Gasteiger partial charge on any atom is 0.246 e. The fraction of sp³-hybridized carbons (Fsp3) is 0.259. The van der Waals surface area contributed by atoms with Crippen LogP contribution in [0, 0.1) is 5.92 Å². The summed E-state index contributed by atoms with van der Waals surface area (Å²) >= 11 is 1.61. The Morgan fingerprint density at radius 2 is 1.59 bits per heavy atom. The van der Waals surface area contributed by atoms with Gasteiger partial charge in [-0.1, -0.05) is 60.7 Å². The summed E-state index contributed by atoms with van der Waals surface area (Å²) in [5, 5.41) is 4.03. The van der Waals surface area contributed by atoms with Gasteiger partial charge < -0.3 is 10.1 Å². The van der Waals surface area contributed by atoms with E-state index < -0.39 is 0 Å². The molecule has 1 heterocycles. The number of para-hydroxylation sites is 1. The van der Waals surface area contributed by atoms with Crippen molar-refractivity contribution in [3.63, 3.8) is 0 Å². The first-order valence-corrected chi connectivity index (χ1v) is 12.0. The van der Waals surface area contributed by atoms with Crippen LogP contribution in [-0.2, 0) is 16.1 Å². The quantitative estimate of drug-likeness (QED) is 0.447. The first kappa shape index (κ1) is 19.6.